The lowest BCUT2D eigenvalue weighted by molar-refractivity contribution is 0.249. The summed E-state index contributed by atoms with van der Waals surface area (Å²) in [4.78, 5) is 12.9. The molecule has 102 valence electrons. The highest BCUT2D eigenvalue weighted by Crippen LogP contribution is 2.21. The molecule has 0 saturated carbocycles. The molecule has 2 rings (SSSR count). The van der Waals surface area contributed by atoms with E-state index in [1.54, 1.807) is 29.5 Å². The number of nitriles is 1. The van der Waals surface area contributed by atoms with Gasteiger partial charge in [0, 0.05) is 10.6 Å². The molecule has 20 heavy (non-hydrogen) atoms. The molecule has 0 aliphatic carbocycles. The van der Waals surface area contributed by atoms with Crippen molar-refractivity contribution in [3.8, 4) is 6.07 Å². The number of carbonyl (C=O) groups excluding carboxylic acids is 1. The Hall–Kier alpha value is -2.03. The van der Waals surface area contributed by atoms with Crippen LogP contribution in [0.3, 0.4) is 0 Å². The standard InChI is InChI=1S/C14H12ClN3OS/c1-9(13-3-2-6-20-13)17-14(19)18-11-5-4-10(8-16)12(15)7-11/h2-7,9H,1H3,(H2,17,18,19)/t9-/m0/s1. The van der Waals surface area contributed by atoms with Gasteiger partial charge in [0.2, 0.25) is 0 Å². The summed E-state index contributed by atoms with van der Waals surface area (Å²) < 4.78 is 0. The average Bonchev–Trinajstić information content (AvgIpc) is 2.92. The van der Waals surface area contributed by atoms with Gasteiger partial charge in [0.15, 0.2) is 0 Å². The summed E-state index contributed by atoms with van der Waals surface area (Å²) in [5, 5.41) is 16.6. The first-order valence-electron chi connectivity index (χ1n) is 5.90. The second-order valence-electron chi connectivity index (χ2n) is 4.14. The van der Waals surface area contributed by atoms with Gasteiger partial charge in [0.25, 0.3) is 0 Å². The van der Waals surface area contributed by atoms with E-state index < -0.39 is 0 Å². The summed E-state index contributed by atoms with van der Waals surface area (Å²) in [6.07, 6.45) is 0. The maximum Gasteiger partial charge on any atom is 0.319 e. The van der Waals surface area contributed by atoms with Crippen molar-refractivity contribution < 1.29 is 4.79 Å². The third-order valence-electron chi connectivity index (χ3n) is 2.66. The Kier molecular flexibility index (Phi) is 4.61. The second kappa shape index (κ2) is 6.42. The minimum Gasteiger partial charge on any atom is -0.331 e. The molecule has 2 aromatic rings. The van der Waals surface area contributed by atoms with E-state index in [9.17, 15) is 4.79 Å². The number of hydrogen-bond donors (Lipinski definition) is 2. The molecule has 0 bridgehead atoms. The van der Waals surface area contributed by atoms with Gasteiger partial charge < -0.3 is 10.6 Å². The lowest BCUT2D eigenvalue weighted by Gasteiger charge is -2.13. The van der Waals surface area contributed by atoms with E-state index in [4.69, 9.17) is 16.9 Å². The first kappa shape index (κ1) is 14.4. The summed E-state index contributed by atoms with van der Waals surface area (Å²) in [6.45, 7) is 1.91. The van der Waals surface area contributed by atoms with E-state index in [0.717, 1.165) is 4.88 Å². The van der Waals surface area contributed by atoms with Gasteiger partial charge in [-0.3, -0.25) is 0 Å². The maximum atomic E-state index is 11.9. The molecule has 6 heteroatoms. The van der Waals surface area contributed by atoms with Crippen molar-refractivity contribution in [1.82, 2.24) is 5.32 Å². The van der Waals surface area contributed by atoms with E-state index in [2.05, 4.69) is 10.6 Å². The average molecular weight is 306 g/mol. The van der Waals surface area contributed by atoms with Crippen LogP contribution < -0.4 is 10.6 Å². The van der Waals surface area contributed by atoms with E-state index >= 15 is 0 Å². The summed E-state index contributed by atoms with van der Waals surface area (Å²) in [7, 11) is 0. The molecule has 0 aliphatic heterocycles. The molecule has 2 N–H and O–H groups in total. The monoisotopic (exact) mass is 305 g/mol. The van der Waals surface area contributed by atoms with E-state index in [-0.39, 0.29) is 12.1 Å². The van der Waals surface area contributed by atoms with Gasteiger partial charge in [0.05, 0.1) is 16.6 Å². The fraction of sp³-hybridized carbons (Fsp3) is 0.143. The van der Waals surface area contributed by atoms with Gasteiger partial charge in [-0.2, -0.15) is 5.26 Å². The number of hydrogen-bond acceptors (Lipinski definition) is 3. The van der Waals surface area contributed by atoms with Crippen molar-refractivity contribution in [2.75, 3.05) is 5.32 Å². The fourth-order valence-electron chi connectivity index (χ4n) is 1.66. The lowest BCUT2D eigenvalue weighted by Crippen LogP contribution is -2.30. The largest absolute Gasteiger partial charge is 0.331 e. The Morgan fingerprint density at radius 1 is 1.45 bits per heavy atom. The quantitative estimate of drug-likeness (QED) is 0.894. The highest BCUT2D eigenvalue weighted by atomic mass is 35.5. The molecule has 0 spiro atoms. The van der Waals surface area contributed by atoms with Crippen molar-refractivity contribution in [1.29, 1.82) is 5.26 Å². The zero-order chi connectivity index (χ0) is 14.5. The first-order chi connectivity index (χ1) is 9.60. The molecular formula is C14H12ClN3OS. The third-order valence-corrected chi connectivity index (χ3v) is 4.03. The first-order valence-corrected chi connectivity index (χ1v) is 7.16. The Labute approximate surface area is 126 Å². The molecule has 0 unspecified atom stereocenters. The van der Waals surface area contributed by atoms with E-state index in [0.29, 0.717) is 16.3 Å². The number of benzene rings is 1. The Balaban J connectivity index is 1.98. The number of thiophene rings is 1. The fourth-order valence-corrected chi connectivity index (χ4v) is 2.61. The molecule has 1 atom stereocenters. The minimum atomic E-state index is -0.313. The van der Waals surface area contributed by atoms with Crippen LogP contribution in [0.5, 0.6) is 0 Å². The Bertz CT molecular complexity index is 649. The zero-order valence-electron chi connectivity index (χ0n) is 10.7. The van der Waals surface area contributed by atoms with Crippen LogP contribution in [-0.2, 0) is 0 Å². The van der Waals surface area contributed by atoms with Crippen LogP contribution in [0.25, 0.3) is 0 Å². The Morgan fingerprint density at radius 3 is 2.85 bits per heavy atom. The summed E-state index contributed by atoms with van der Waals surface area (Å²) in [6, 6.07) is 10.3. The number of carbonyl (C=O) groups is 1. The van der Waals surface area contributed by atoms with Gasteiger partial charge in [-0.25, -0.2) is 4.79 Å². The molecule has 4 nitrogen and oxygen atoms in total. The summed E-state index contributed by atoms with van der Waals surface area (Å²) in [5.74, 6) is 0. The predicted molar refractivity (Wildman–Crippen MR) is 81.1 cm³/mol. The molecule has 1 heterocycles. The number of urea groups is 1. The van der Waals surface area contributed by atoms with Gasteiger partial charge >= 0.3 is 6.03 Å². The van der Waals surface area contributed by atoms with Crippen LogP contribution in [-0.4, -0.2) is 6.03 Å². The van der Waals surface area contributed by atoms with Crippen LogP contribution in [0.2, 0.25) is 5.02 Å². The highest BCUT2D eigenvalue weighted by Gasteiger charge is 2.10. The van der Waals surface area contributed by atoms with Crippen molar-refractivity contribution >= 4 is 34.7 Å². The summed E-state index contributed by atoms with van der Waals surface area (Å²) in [5.41, 5.74) is 0.925. The van der Waals surface area contributed by atoms with E-state index in [1.165, 1.54) is 0 Å². The molecule has 0 fully saturated rings. The maximum absolute atomic E-state index is 11.9. The molecule has 1 aromatic carbocycles. The highest BCUT2D eigenvalue weighted by molar-refractivity contribution is 7.10. The van der Waals surface area contributed by atoms with E-state index in [1.807, 2.05) is 30.5 Å². The number of halogens is 1. The third kappa shape index (κ3) is 3.50. The topological polar surface area (TPSA) is 64.9 Å². The predicted octanol–water partition coefficient (Wildman–Crippen LogP) is 4.16. The van der Waals surface area contributed by atoms with Crippen molar-refractivity contribution in [3.63, 3.8) is 0 Å². The van der Waals surface area contributed by atoms with Crippen LogP contribution >= 0.6 is 22.9 Å². The normalized spacial score (nSPS) is 11.4. The number of nitrogens with zero attached hydrogens (tertiary/aromatic N) is 1. The second-order valence-corrected chi connectivity index (χ2v) is 5.53. The summed E-state index contributed by atoms with van der Waals surface area (Å²) >= 11 is 7.49. The van der Waals surface area contributed by atoms with Crippen LogP contribution in [0.4, 0.5) is 10.5 Å². The SMILES string of the molecule is C[C@H](NC(=O)Nc1ccc(C#N)c(Cl)c1)c1cccs1. The van der Waals surface area contributed by atoms with Crippen LogP contribution in [0, 0.1) is 11.3 Å². The zero-order valence-corrected chi connectivity index (χ0v) is 12.3. The lowest BCUT2D eigenvalue weighted by atomic mass is 10.2. The van der Waals surface area contributed by atoms with Crippen LogP contribution in [0.15, 0.2) is 35.7 Å². The molecule has 0 saturated heterocycles. The van der Waals surface area contributed by atoms with Gasteiger partial charge in [0.1, 0.15) is 6.07 Å². The number of nitrogens with one attached hydrogen (secondary N) is 2. The molecular weight excluding hydrogens is 294 g/mol. The molecule has 2 amide bonds. The van der Waals surface area contributed by atoms with Crippen LogP contribution in [0.1, 0.15) is 23.4 Å². The molecule has 1 aromatic heterocycles. The van der Waals surface area contributed by atoms with Crippen molar-refractivity contribution in [3.05, 3.63) is 51.2 Å². The smallest absolute Gasteiger partial charge is 0.319 e. The Morgan fingerprint density at radius 2 is 2.25 bits per heavy atom. The van der Waals surface area contributed by atoms with Gasteiger partial charge in [-0.15, -0.1) is 11.3 Å². The van der Waals surface area contributed by atoms with Crippen molar-refractivity contribution in [2.24, 2.45) is 0 Å². The molecule has 0 radical (unpaired) electrons. The van der Waals surface area contributed by atoms with Gasteiger partial charge in [-0.05, 0) is 36.6 Å². The number of amides is 2. The molecule has 0 aliphatic rings. The van der Waals surface area contributed by atoms with Crippen molar-refractivity contribution in [2.45, 2.75) is 13.0 Å². The minimum absolute atomic E-state index is 0.0659. The number of rotatable bonds is 3. The number of anilines is 1. The van der Waals surface area contributed by atoms with Gasteiger partial charge in [-0.1, -0.05) is 17.7 Å².